The first kappa shape index (κ1) is 31.6. The van der Waals surface area contributed by atoms with Crippen LogP contribution in [0.4, 0.5) is 11.4 Å². The summed E-state index contributed by atoms with van der Waals surface area (Å²) in [5, 5.41) is 9.99. The normalized spacial score (nSPS) is 28.8. The molecule has 0 aromatic heterocycles. The molecule has 3 heterocycles. The van der Waals surface area contributed by atoms with Crippen LogP contribution in [0.15, 0.2) is 49.6 Å². The van der Waals surface area contributed by atoms with Crippen molar-refractivity contribution < 1.29 is 24.2 Å². The van der Waals surface area contributed by atoms with E-state index in [1.165, 1.54) is 0 Å². The molecule has 7 atom stereocenters. The molecule has 2 bridgehead atoms. The van der Waals surface area contributed by atoms with Gasteiger partial charge >= 0.3 is 5.97 Å². The molecule has 1 N–H and O–H groups in total. The minimum absolute atomic E-state index is 0.0526. The lowest BCUT2D eigenvalue weighted by Gasteiger charge is -2.39. The summed E-state index contributed by atoms with van der Waals surface area (Å²) in [4.78, 5) is 47.6. The Balaban J connectivity index is 1.71. The molecule has 1 spiro atoms. The van der Waals surface area contributed by atoms with Gasteiger partial charge in [-0.1, -0.05) is 28.1 Å². The summed E-state index contributed by atoms with van der Waals surface area (Å²) in [5.41, 5.74) is 1.78. The smallest absolute Gasteiger partial charge is 0.310 e. The molecule has 41 heavy (non-hydrogen) atoms. The van der Waals surface area contributed by atoms with E-state index in [9.17, 15) is 19.5 Å². The fraction of sp³-hybridized carbons (Fsp3) is 0.581. The number of esters is 1. The van der Waals surface area contributed by atoms with E-state index in [0.717, 1.165) is 25.2 Å². The average molecular weight is 649 g/mol. The van der Waals surface area contributed by atoms with Crippen molar-refractivity contribution in [1.82, 2.24) is 4.90 Å². The van der Waals surface area contributed by atoms with Gasteiger partial charge in [0.25, 0.3) is 5.91 Å². The van der Waals surface area contributed by atoms with Gasteiger partial charge in [0.15, 0.2) is 0 Å². The summed E-state index contributed by atoms with van der Waals surface area (Å²) < 4.78 is 4.83. The molecule has 224 valence electrons. The summed E-state index contributed by atoms with van der Waals surface area (Å²) in [5.74, 6) is -2.25. The van der Waals surface area contributed by atoms with Crippen LogP contribution in [0.5, 0.6) is 0 Å². The fourth-order valence-corrected chi connectivity index (χ4v) is 10.3. The van der Waals surface area contributed by atoms with E-state index in [4.69, 9.17) is 4.74 Å². The number of hydrogen-bond acceptors (Lipinski definition) is 7. The first-order valence-corrected chi connectivity index (χ1v) is 16.3. The van der Waals surface area contributed by atoms with Crippen LogP contribution in [0.2, 0.25) is 0 Å². The van der Waals surface area contributed by atoms with Crippen LogP contribution in [0, 0.1) is 11.8 Å². The summed E-state index contributed by atoms with van der Waals surface area (Å²) in [7, 11) is 0. The van der Waals surface area contributed by atoms with Crippen molar-refractivity contribution in [2.75, 3.05) is 42.6 Å². The molecule has 10 heteroatoms. The van der Waals surface area contributed by atoms with Gasteiger partial charge in [0.05, 0.1) is 35.8 Å². The predicted molar refractivity (Wildman–Crippen MR) is 169 cm³/mol. The number of rotatable bonds is 14. The Labute approximate surface area is 256 Å². The van der Waals surface area contributed by atoms with Crippen molar-refractivity contribution in [3.63, 3.8) is 0 Å². The molecule has 4 rings (SSSR count). The second-order valence-electron chi connectivity index (χ2n) is 11.0. The number of thioether (sulfide) groups is 1. The monoisotopic (exact) mass is 647 g/mol. The predicted octanol–water partition coefficient (Wildman–Crippen LogP) is 4.41. The first-order valence-electron chi connectivity index (χ1n) is 14.5. The molecule has 1 aromatic rings. The van der Waals surface area contributed by atoms with Crippen LogP contribution in [-0.4, -0.2) is 87.5 Å². The number of aliphatic hydroxyl groups is 1. The second-order valence-corrected chi connectivity index (χ2v) is 13.7. The molecule has 2 amide bonds. The van der Waals surface area contributed by atoms with E-state index in [0.29, 0.717) is 18.5 Å². The molecule has 3 aliphatic rings. The van der Waals surface area contributed by atoms with Crippen molar-refractivity contribution in [2.45, 2.75) is 66.9 Å². The standard InChI is InChI=1S/C31H42BrN3O5S/c1-6-10-11-17-40-30(39)24-25-28(37)35(20(5)19-36)27(31(25)18-23(32)26(24)41-31)29(38)34(16-7-2)22-14-12-21(13-15-22)33(8-3)9-4/h6-7,12-15,20,23-27,36H,1-2,8-11,16-19H2,3-5H3/t20-,23?,24-,25+,26-,27?,31?/m1/s1. The molecule has 0 saturated carbocycles. The van der Waals surface area contributed by atoms with Gasteiger partial charge in [-0.25, -0.2) is 0 Å². The number of amides is 2. The third-order valence-corrected chi connectivity index (χ3v) is 11.9. The quantitative estimate of drug-likeness (QED) is 0.138. The van der Waals surface area contributed by atoms with Gasteiger partial charge in [-0.3, -0.25) is 14.4 Å². The summed E-state index contributed by atoms with van der Waals surface area (Å²) >= 11 is 5.34. The molecule has 3 aliphatic heterocycles. The molecule has 3 saturated heterocycles. The van der Waals surface area contributed by atoms with Gasteiger partial charge in [-0.15, -0.1) is 24.9 Å². The number of carbonyl (C=O) groups excluding carboxylic acids is 3. The van der Waals surface area contributed by atoms with E-state index in [-0.39, 0.29) is 41.6 Å². The summed E-state index contributed by atoms with van der Waals surface area (Å²) in [6.45, 7) is 15.5. The van der Waals surface area contributed by atoms with E-state index in [2.05, 4.69) is 47.8 Å². The number of unbranched alkanes of at least 4 members (excludes halogenated alkanes) is 1. The Bertz CT molecular complexity index is 1150. The summed E-state index contributed by atoms with van der Waals surface area (Å²) in [6.07, 6.45) is 5.42. The maximum Gasteiger partial charge on any atom is 0.310 e. The first-order chi connectivity index (χ1) is 19.7. The molecule has 3 fully saturated rings. The van der Waals surface area contributed by atoms with Crippen molar-refractivity contribution in [2.24, 2.45) is 11.8 Å². The number of hydrogen-bond donors (Lipinski definition) is 1. The Kier molecular flexibility index (Phi) is 10.3. The highest BCUT2D eigenvalue weighted by molar-refractivity contribution is 9.09. The van der Waals surface area contributed by atoms with Gasteiger partial charge in [0.1, 0.15) is 6.04 Å². The van der Waals surface area contributed by atoms with Crippen molar-refractivity contribution >= 4 is 56.9 Å². The largest absolute Gasteiger partial charge is 0.465 e. The van der Waals surface area contributed by atoms with Crippen LogP contribution in [0.1, 0.15) is 40.0 Å². The topological polar surface area (TPSA) is 90.4 Å². The lowest BCUT2D eigenvalue weighted by molar-refractivity contribution is -0.154. The number of aliphatic hydroxyl groups excluding tert-OH is 1. The Morgan fingerprint density at radius 2 is 1.88 bits per heavy atom. The maximum absolute atomic E-state index is 14.6. The van der Waals surface area contributed by atoms with Crippen molar-refractivity contribution in [3.8, 4) is 0 Å². The Morgan fingerprint density at radius 1 is 1.22 bits per heavy atom. The number of benzene rings is 1. The van der Waals surface area contributed by atoms with Gasteiger partial charge in [-0.05, 0) is 64.3 Å². The van der Waals surface area contributed by atoms with E-state index >= 15 is 0 Å². The van der Waals surface area contributed by atoms with Crippen molar-refractivity contribution in [3.05, 3.63) is 49.6 Å². The number of ether oxygens (including phenoxy) is 1. The number of anilines is 2. The van der Waals surface area contributed by atoms with Crippen LogP contribution < -0.4 is 9.80 Å². The van der Waals surface area contributed by atoms with Gasteiger partial charge in [0, 0.05) is 41.1 Å². The number of likely N-dealkylation sites (tertiary alicyclic amines) is 1. The SMILES string of the molecule is C=CCCCOC(=O)[C@H]1[C@@H]2SC3(CC2Br)C(C(=O)N(CC=C)c2ccc(N(CC)CC)cc2)N([C@H](C)CO)C(=O)[C@H]13. The highest BCUT2D eigenvalue weighted by atomic mass is 79.9. The third-order valence-electron chi connectivity index (χ3n) is 8.64. The lowest BCUT2D eigenvalue weighted by Crippen LogP contribution is -2.57. The number of halogens is 1. The zero-order valence-corrected chi connectivity index (χ0v) is 26.6. The highest BCUT2D eigenvalue weighted by Crippen LogP contribution is 2.68. The molecular weight excluding hydrogens is 606 g/mol. The van der Waals surface area contributed by atoms with Crippen LogP contribution in [0.3, 0.4) is 0 Å². The van der Waals surface area contributed by atoms with E-state index in [1.807, 2.05) is 24.3 Å². The summed E-state index contributed by atoms with van der Waals surface area (Å²) in [6, 6.07) is 6.42. The van der Waals surface area contributed by atoms with Crippen LogP contribution in [0.25, 0.3) is 0 Å². The van der Waals surface area contributed by atoms with Gasteiger partial charge < -0.3 is 24.5 Å². The minimum atomic E-state index is -0.849. The van der Waals surface area contributed by atoms with Crippen LogP contribution in [-0.2, 0) is 19.1 Å². The molecule has 8 nitrogen and oxygen atoms in total. The zero-order chi connectivity index (χ0) is 29.9. The Hall–Kier alpha value is -2.30. The minimum Gasteiger partial charge on any atom is -0.465 e. The molecule has 1 aromatic carbocycles. The zero-order valence-electron chi connectivity index (χ0n) is 24.2. The fourth-order valence-electron chi connectivity index (χ4n) is 6.71. The highest BCUT2D eigenvalue weighted by Gasteiger charge is 2.76. The van der Waals surface area contributed by atoms with Gasteiger partial charge in [0.2, 0.25) is 5.91 Å². The lowest BCUT2D eigenvalue weighted by atomic mass is 9.71. The third kappa shape index (κ3) is 5.59. The van der Waals surface area contributed by atoms with E-state index in [1.54, 1.807) is 40.6 Å². The number of alkyl halides is 1. The number of nitrogens with zero attached hydrogens (tertiary/aromatic N) is 3. The molecule has 0 aliphatic carbocycles. The maximum atomic E-state index is 14.6. The average Bonchev–Trinajstić information content (AvgIpc) is 3.57. The molecule has 3 unspecified atom stereocenters. The van der Waals surface area contributed by atoms with E-state index < -0.39 is 34.6 Å². The Morgan fingerprint density at radius 3 is 2.46 bits per heavy atom. The molecule has 0 radical (unpaired) electrons. The second kappa shape index (κ2) is 13.3. The number of fused-ring (bicyclic) bond motifs is 1. The van der Waals surface area contributed by atoms with Gasteiger partial charge in [-0.2, -0.15) is 0 Å². The van der Waals surface area contributed by atoms with Crippen LogP contribution >= 0.6 is 27.7 Å². The molecular formula is C31H42BrN3O5S. The van der Waals surface area contributed by atoms with Crippen molar-refractivity contribution in [1.29, 1.82) is 0 Å². The number of carbonyl (C=O) groups is 3. The number of allylic oxidation sites excluding steroid dienone is 1.